The van der Waals surface area contributed by atoms with E-state index >= 15 is 0 Å². The third kappa shape index (κ3) is 2.56. The fourth-order valence-corrected chi connectivity index (χ4v) is 3.51. The van der Waals surface area contributed by atoms with Crippen LogP contribution in [0.15, 0.2) is 46.9 Å². The van der Waals surface area contributed by atoms with E-state index in [1.165, 1.54) is 13.2 Å². The summed E-state index contributed by atoms with van der Waals surface area (Å²) in [5, 5.41) is 0. The molecule has 0 fully saturated rings. The lowest BCUT2D eigenvalue weighted by atomic mass is 9.89. The molecular formula is C17H12BrF3O3. The standard InChI is InChI=1S/C17H12BrF3O3/c1-23-15(22)16(10-5-3-2-4-6-10)9-11-13(24-16)8-7-12(14(11)18)17(19,20)21/h2-8H,9H2,1H3. The van der Waals surface area contributed by atoms with Gasteiger partial charge in [0.1, 0.15) is 5.75 Å². The zero-order chi connectivity index (χ0) is 17.5. The molecule has 2 aromatic rings. The number of halogens is 4. The van der Waals surface area contributed by atoms with Crippen molar-refractivity contribution in [3.05, 3.63) is 63.6 Å². The molecule has 1 atom stereocenters. The van der Waals surface area contributed by atoms with Crippen molar-refractivity contribution in [3.8, 4) is 5.75 Å². The number of methoxy groups -OCH3 is 1. The molecule has 3 rings (SSSR count). The number of esters is 1. The minimum Gasteiger partial charge on any atom is -0.470 e. The van der Waals surface area contributed by atoms with E-state index in [1.54, 1.807) is 30.3 Å². The van der Waals surface area contributed by atoms with Crippen molar-refractivity contribution >= 4 is 21.9 Å². The number of fused-ring (bicyclic) bond motifs is 1. The molecule has 1 heterocycles. The van der Waals surface area contributed by atoms with Crippen LogP contribution in [0, 0.1) is 0 Å². The van der Waals surface area contributed by atoms with Gasteiger partial charge in [-0.15, -0.1) is 0 Å². The topological polar surface area (TPSA) is 35.5 Å². The van der Waals surface area contributed by atoms with E-state index in [1.807, 2.05) is 0 Å². The van der Waals surface area contributed by atoms with E-state index in [0.29, 0.717) is 11.1 Å². The summed E-state index contributed by atoms with van der Waals surface area (Å²) in [6, 6.07) is 10.7. The highest BCUT2D eigenvalue weighted by molar-refractivity contribution is 9.10. The summed E-state index contributed by atoms with van der Waals surface area (Å²) in [6.45, 7) is 0. The zero-order valence-electron chi connectivity index (χ0n) is 12.5. The van der Waals surface area contributed by atoms with Crippen molar-refractivity contribution in [2.45, 2.75) is 18.2 Å². The number of hydrogen-bond donors (Lipinski definition) is 0. The molecule has 3 nitrogen and oxygen atoms in total. The van der Waals surface area contributed by atoms with Gasteiger partial charge in [-0.3, -0.25) is 0 Å². The highest BCUT2D eigenvalue weighted by Gasteiger charge is 2.50. The predicted octanol–water partition coefficient (Wildman–Crippen LogP) is 4.47. The van der Waals surface area contributed by atoms with Gasteiger partial charge in [0.15, 0.2) is 0 Å². The molecule has 0 aromatic heterocycles. The quantitative estimate of drug-likeness (QED) is 0.697. The van der Waals surface area contributed by atoms with E-state index in [4.69, 9.17) is 9.47 Å². The lowest BCUT2D eigenvalue weighted by Gasteiger charge is -2.26. The number of carbonyl (C=O) groups excluding carboxylic acids is 1. The van der Waals surface area contributed by atoms with Crippen LogP contribution in [0.25, 0.3) is 0 Å². The Labute approximate surface area is 144 Å². The van der Waals surface area contributed by atoms with Crippen LogP contribution >= 0.6 is 15.9 Å². The third-order valence-electron chi connectivity index (χ3n) is 3.97. The molecule has 1 aliphatic heterocycles. The second-order valence-corrected chi connectivity index (χ2v) is 6.16. The number of rotatable bonds is 2. The highest BCUT2D eigenvalue weighted by atomic mass is 79.9. The average molecular weight is 401 g/mol. The van der Waals surface area contributed by atoms with Gasteiger partial charge in [-0.05, 0) is 28.1 Å². The number of hydrogen-bond acceptors (Lipinski definition) is 3. The molecule has 0 radical (unpaired) electrons. The summed E-state index contributed by atoms with van der Waals surface area (Å²) in [6.07, 6.45) is -4.55. The predicted molar refractivity (Wildman–Crippen MR) is 83.6 cm³/mol. The Bertz CT molecular complexity index is 790. The maximum atomic E-state index is 13.1. The minimum absolute atomic E-state index is 0.0521. The van der Waals surface area contributed by atoms with Gasteiger partial charge in [-0.25, -0.2) is 4.79 Å². The Balaban J connectivity index is 2.14. The SMILES string of the molecule is COC(=O)C1(c2ccccc2)Cc2c(ccc(C(F)(F)F)c2Br)O1. The Morgan fingerprint density at radius 2 is 1.88 bits per heavy atom. The molecule has 0 N–H and O–H groups in total. The first-order valence-corrected chi connectivity index (χ1v) is 7.80. The van der Waals surface area contributed by atoms with Crippen LogP contribution < -0.4 is 4.74 Å². The summed E-state index contributed by atoms with van der Waals surface area (Å²) in [7, 11) is 1.22. The lowest BCUT2D eigenvalue weighted by molar-refractivity contribution is -0.158. The van der Waals surface area contributed by atoms with Crippen molar-refractivity contribution in [2.24, 2.45) is 0 Å². The van der Waals surface area contributed by atoms with Gasteiger partial charge in [0.2, 0.25) is 5.60 Å². The van der Waals surface area contributed by atoms with Crippen LogP contribution in [0.3, 0.4) is 0 Å². The van der Waals surface area contributed by atoms with Crippen molar-refractivity contribution in [2.75, 3.05) is 7.11 Å². The first kappa shape index (κ1) is 16.8. The summed E-state index contributed by atoms with van der Waals surface area (Å²) in [4.78, 5) is 12.4. The van der Waals surface area contributed by atoms with E-state index in [9.17, 15) is 18.0 Å². The van der Waals surface area contributed by atoms with Crippen LogP contribution in [0.1, 0.15) is 16.7 Å². The lowest BCUT2D eigenvalue weighted by Crippen LogP contribution is -2.41. The normalized spacial score (nSPS) is 19.5. The van der Waals surface area contributed by atoms with Crippen molar-refractivity contribution in [3.63, 3.8) is 0 Å². The maximum Gasteiger partial charge on any atom is 0.417 e. The molecule has 1 aliphatic rings. The summed E-state index contributed by atoms with van der Waals surface area (Å²) < 4.78 is 49.8. The Morgan fingerprint density at radius 1 is 1.21 bits per heavy atom. The first-order chi connectivity index (χ1) is 11.3. The molecule has 0 aliphatic carbocycles. The Morgan fingerprint density at radius 3 is 2.46 bits per heavy atom. The van der Waals surface area contributed by atoms with Gasteiger partial charge >= 0.3 is 12.1 Å². The zero-order valence-corrected chi connectivity index (χ0v) is 14.1. The number of alkyl halides is 3. The van der Waals surface area contributed by atoms with E-state index in [2.05, 4.69) is 15.9 Å². The summed E-state index contributed by atoms with van der Waals surface area (Å²) in [5.74, 6) is -0.436. The first-order valence-electron chi connectivity index (χ1n) is 7.01. The number of benzene rings is 2. The molecule has 126 valence electrons. The van der Waals surface area contributed by atoms with Gasteiger partial charge in [-0.2, -0.15) is 13.2 Å². The van der Waals surface area contributed by atoms with Crippen LogP contribution in [0.2, 0.25) is 0 Å². The van der Waals surface area contributed by atoms with Crippen molar-refractivity contribution < 1.29 is 27.4 Å². The van der Waals surface area contributed by atoms with Gasteiger partial charge in [-0.1, -0.05) is 30.3 Å². The number of carbonyl (C=O) groups is 1. The second kappa shape index (κ2) is 5.81. The van der Waals surface area contributed by atoms with Crippen LogP contribution in [-0.4, -0.2) is 13.1 Å². The second-order valence-electron chi connectivity index (χ2n) is 5.37. The smallest absolute Gasteiger partial charge is 0.417 e. The summed E-state index contributed by atoms with van der Waals surface area (Å²) >= 11 is 3.01. The van der Waals surface area contributed by atoms with Crippen LogP contribution in [0.4, 0.5) is 13.2 Å². The monoisotopic (exact) mass is 400 g/mol. The largest absolute Gasteiger partial charge is 0.470 e. The van der Waals surface area contributed by atoms with Gasteiger partial charge in [0, 0.05) is 22.0 Å². The average Bonchev–Trinajstić information content (AvgIpc) is 2.96. The minimum atomic E-state index is -4.50. The molecule has 24 heavy (non-hydrogen) atoms. The molecule has 2 aromatic carbocycles. The van der Waals surface area contributed by atoms with E-state index in [-0.39, 0.29) is 16.6 Å². The third-order valence-corrected chi connectivity index (χ3v) is 4.88. The van der Waals surface area contributed by atoms with Gasteiger partial charge in [0.05, 0.1) is 12.7 Å². The fraction of sp³-hybridized carbons (Fsp3) is 0.235. The summed E-state index contributed by atoms with van der Waals surface area (Å²) in [5.41, 5.74) is -1.49. The Hall–Kier alpha value is -2.02. The van der Waals surface area contributed by atoms with Gasteiger partial charge in [0.25, 0.3) is 0 Å². The fourth-order valence-electron chi connectivity index (χ4n) is 2.82. The number of ether oxygens (including phenoxy) is 2. The van der Waals surface area contributed by atoms with Gasteiger partial charge < -0.3 is 9.47 Å². The maximum absolute atomic E-state index is 13.1. The molecular weight excluding hydrogens is 389 g/mol. The molecule has 0 bridgehead atoms. The van der Waals surface area contributed by atoms with E-state index < -0.39 is 23.3 Å². The van der Waals surface area contributed by atoms with Crippen molar-refractivity contribution in [1.82, 2.24) is 0 Å². The molecule has 0 saturated carbocycles. The van der Waals surface area contributed by atoms with E-state index in [0.717, 1.165) is 6.07 Å². The molecule has 0 saturated heterocycles. The molecule has 1 unspecified atom stereocenters. The molecule has 7 heteroatoms. The molecule has 0 spiro atoms. The van der Waals surface area contributed by atoms with Crippen LogP contribution in [-0.2, 0) is 27.7 Å². The van der Waals surface area contributed by atoms with Crippen LogP contribution in [0.5, 0.6) is 5.75 Å². The molecule has 0 amide bonds. The Kier molecular flexibility index (Phi) is 4.07. The highest BCUT2D eigenvalue weighted by Crippen LogP contribution is 2.48. The van der Waals surface area contributed by atoms with Crippen molar-refractivity contribution in [1.29, 1.82) is 0 Å².